The molecule has 0 saturated carbocycles. The van der Waals surface area contributed by atoms with Gasteiger partial charge in [0.25, 0.3) is 17.4 Å². The normalized spacial score (nSPS) is 18.5. The standard InChI is InChI=1S/C34H31N5O3S/c1-20(2)23-15-17-24(18-16-23)30-29(31(40)36-25-11-7-5-8-12-25)22(4)35-34-38(30)33(42)28(43-34)19-27-21(3)37-39(32(27)41)26-13-9-6-10-14-26/h5-20,27,30H,1-4H3,(H,36,40)/b28-19+/t27-,30-/m0/s1. The van der Waals surface area contributed by atoms with E-state index in [1.807, 2.05) is 84.9 Å². The van der Waals surface area contributed by atoms with Gasteiger partial charge in [0, 0.05) is 5.69 Å². The summed E-state index contributed by atoms with van der Waals surface area (Å²) in [4.78, 5) is 46.5. The van der Waals surface area contributed by atoms with E-state index in [2.05, 4.69) is 24.3 Å². The topological polar surface area (TPSA) is 96.1 Å². The van der Waals surface area contributed by atoms with E-state index in [9.17, 15) is 14.4 Å². The number of rotatable bonds is 6. The predicted molar refractivity (Wildman–Crippen MR) is 171 cm³/mol. The van der Waals surface area contributed by atoms with Crippen molar-refractivity contribution in [1.29, 1.82) is 0 Å². The molecule has 8 nitrogen and oxygen atoms in total. The second-order valence-corrected chi connectivity index (χ2v) is 12.0. The molecule has 3 aromatic carbocycles. The van der Waals surface area contributed by atoms with Gasteiger partial charge in [-0.25, -0.2) is 4.99 Å². The van der Waals surface area contributed by atoms with Crippen LogP contribution < -0.4 is 25.2 Å². The van der Waals surface area contributed by atoms with Crippen LogP contribution in [0.3, 0.4) is 0 Å². The fraction of sp³-hybridized carbons (Fsp3) is 0.206. The largest absolute Gasteiger partial charge is 0.322 e. The van der Waals surface area contributed by atoms with Crippen molar-refractivity contribution in [2.24, 2.45) is 16.0 Å². The number of anilines is 2. The van der Waals surface area contributed by atoms with Crippen molar-refractivity contribution in [3.05, 3.63) is 127 Å². The summed E-state index contributed by atoms with van der Waals surface area (Å²) in [5, 5.41) is 8.84. The highest BCUT2D eigenvalue weighted by Crippen LogP contribution is 2.32. The summed E-state index contributed by atoms with van der Waals surface area (Å²) in [7, 11) is 0. The molecule has 2 atom stereocenters. The molecular formula is C34H31N5O3S. The highest BCUT2D eigenvalue weighted by atomic mass is 32.1. The monoisotopic (exact) mass is 589 g/mol. The van der Waals surface area contributed by atoms with Crippen LogP contribution in [0.1, 0.15) is 50.8 Å². The first-order chi connectivity index (χ1) is 20.7. The lowest BCUT2D eigenvalue weighted by molar-refractivity contribution is -0.118. The molecule has 2 amide bonds. The molecule has 43 heavy (non-hydrogen) atoms. The van der Waals surface area contributed by atoms with Crippen LogP contribution >= 0.6 is 11.3 Å². The van der Waals surface area contributed by atoms with Gasteiger partial charge in [-0.2, -0.15) is 10.1 Å². The predicted octanol–water partition coefficient (Wildman–Crippen LogP) is 4.99. The SMILES string of the molecule is CC1=NN(c2ccccc2)C(=O)[C@H]1/C=c1/sc2n(c1=O)[C@@H](c1ccc(C(C)C)cc1)C(C(=O)Nc1ccccc1)=C(C)N=2. The maximum absolute atomic E-state index is 14.1. The smallest absolute Gasteiger partial charge is 0.270 e. The quantitative estimate of drug-likeness (QED) is 0.343. The minimum atomic E-state index is -0.696. The number of benzene rings is 3. The Kier molecular flexibility index (Phi) is 7.50. The molecule has 216 valence electrons. The van der Waals surface area contributed by atoms with Gasteiger partial charge < -0.3 is 5.32 Å². The van der Waals surface area contributed by atoms with Gasteiger partial charge in [-0.3, -0.25) is 19.0 Å². The number of hydrogen-bond donors (Lipinski definition) is 1. The van der Waals surface area contributed by atoms with E-state index in [1.54, 1.807) is 24.5 Å². The van der Waals surface area contributed by atoms with Crippen molar-refractivity contribution in [3.8, 4) is 0 Å². The summed E-state index contributed by atoms with van der Waals surface area (Å²) in [6.45, 7) is 7.82. The lowest BCUT2D eigenvalue weighted by atomic mass is 9.93. The number of hydrogen-bond acceptors (Lipinski definition) is 6. The van der Waals surface area contributed by atoms with Crippen molar-refractivity contribution in [2.75, 3.05) is 10.3 Å². The van der Waals surface area contributed by atoms with E-state index < -0.39 is 12.0 Å². The van der Waals surface area contributed by atoms with Crippen LogP contribution in [0.5, 0.6) is 0 Å². The molecular weight excluding hydrogens is 558 g/mol. The first-order valence-corrected chi connectivity index (χ1v) is 15.0. The molecule has 3 heterocycles. The number of nitrogens with zero attached hydrogens (tertiary/aromatic N) is 4. The van der Waals surface area contributed by atoms with Crippen LogP contribution in [0.15, 0.2) is 111 Å². The molecule has 0 radical (unpaired) electrons. The first kappa shape index (κ1) is 28.2. The maximum atomic E-state index is 14.1. The van der Waals surface area contributed by atoms with Crippen LogP contribution in [0, 0.1) is 5.92 Å². The molecule has 0 unspecified atom stereocenters. The van der Waals surface area contributed by atoms with Gasteiger partial charge >= 0.3 is 0 Å². The van der Waals surface area contributed by atoms with Crippen molar-refractivity contribution in [1.82, 2.24) is 4.57 Å². The van der Waals surface area contributed by atoms with E-state index in [-0.39, 0.29) is 17.4 Å². The Morgan fingerprint density at radius 1 is 0.930 bits per heavy atom. The molecule has 1 aromatic heterocycles. The Morgan fingerprint density at radius 2 is 1.58 bits per heavy atom. The molecule has 0 fully saturated rings. The summed E-state index contributed by atoms with van der Waals surface area (Å²) in [5.74, 6) is -0.910. The zero-order chi connectivity index (χ0) is 30.2. The van der Waals surface area contributed by atoms with Gasteiger partial charge in [0.1, 0.15) is 5.92 Å². The minimum Gasteiger partial charge on any atom is -0.322 e. The summed E-state index contributed by atoms with van der Waals surface area (Å²) in [6, 6.07) is 25.7. The lowest BCUT2D eigenvalue weighted by Crippen LogP contribution is -2.41. The second kappa shape index (κ2) is 11.4. The number of aromatic nitrogens is 1. The number of carbonyl (C=O) groups excluding carboxylic acids is 2. The van der Waals surface area contributed by atoms with E-state index in [4.69, 9.17) is 4.99 Å². The highest BCUT2D eigenvalue weighted by Gasteiger charge is 2.35. The summed E-state index contributed by atoms with van der Waals surface area (Å²) < 4.78 is 1.96. The van der Waals surface area contributed by atoms with Gasteiger partial charge in [-0.05, 0) is 61.2 Å². The first-order valence-electron chi connectivity index (χ1n) is 14.2. The average Bonchev–Trinajstić information content (AvgIpc) is 3.47. The molecule has 6 rings (SSSR count). The number of para-hydroxylation sites is 2. The van der Waals surface area contributed by atoms with Gasteiger partial charge in [-0.1, -0.05) is 85.8 Å². The van der Waals surface area contributed by atoms with Crippen LogP contribution in [0.2, 0.25) is 0 Å². The number of allylic oxidation sites excluding steroid dienone is 1. The lowest BCUT2D eigenvalue weighted by Gasteiger charge is -2.25. The van der Waals surface area contributed by atoms with Crippen molar-refractivity contribution in [3.63, 3.8) is 0 Å². The van der Waals surface area contributed by atoms with Gasteiger partial charge in [-0.15, -0.1) is 0 Å². The van der Waals surface area contributed by atoms with Crippen LogP contribution in [0.25, 0.3) is 6.08 Å². The van der Waals surface area contributed by atoms with Crippen molar-refractivity contribution >= 4 is 46.3 Å². The molecule has 0 aliphatic carbocycles. The zero-order valence-electron chi connectivity index (χ0n) is 24.3. The Morgan fingerprint density at radius 3 is 2.23 bits per heavy atom. The Balaban J connectivity index is 1.45. The number of fused-ring (bicyclic) bond motifs is 1. The number of carbonyl (C=O) groups is 2. The fourth-order valence-electron chi connectivity index (χ4n) is 5.40. The second-order valence-electron chi connectivity index (χ2n) is 11.0. The molecule has 4 aromatic rings. The third-order valence-electron chi connectivity index (χ3n) is 7.72. The fourth-order valence-corrected chi connectivity index (χ4v) is 6.46. The van der Waals surface area contributed by atoms with Crippen molar-refractivity contribution < 1.29 is 9.59 Å². The third kappa shape index (κ3) is 5.28. The van der Waals surface area contributed by atoms with E-state index in [0.717, 1.165) is 11.1 Å². The van der Waals surface area contributed by atoms with Crippen LogP contribution in [-0.4, -0.2) is 22.1 Å². The average molecular weight is 590 g/mol. The van der Waals surface area contributed by atoms with Crippen LogP contribution in [-0.2, 0) is 9.59 Å². The van der Waals surface area contributed by atoms with Gasteiger partial charge in [0.2, 0.25) is 0 Å². The molecule has 9 heteroatoms. The van der Waals surface area contributed by atoms with Gasteiger partial charge in [0.05, 0.1) is 33.2 Å². The summed E-state index contributed by atoms with van der Waals surface area (Å²) >= 11 is 1.21. The highest BCUT2D eigenvalue weighted by molar-refractivity contribution is 7.07. The number of nitrogens with one attached hydrogen (secondary N) is 1. The zero-order valence-corrected chi connectivity index (χ0v) is 25.1. The minimum absolute atomic E-state index is 0.227. The van der Waals surface area contributed by atoms with E-state index in [1.165, 1.54) is 16.3 Å². The third-order valence-corrected chi connectivity index (χ3v) is 8.72. The molecule has 0 saturated heterocycles. The van der Waals surface area contributed by atoms with E-state index >= 15 is 0 Å². The molecule has 1 N–H and O–H groups in total. The summed E-state index contributed by atoms with van der Waals surface area (Å²) in [5.41, 5.74) is 4.49. The molecule has 0 bridgehead atoms. The van der Waals surface area contributed by atoms with E-state index in [0.29, 0.717) is 43.6 Å². The van der Waals surface area contributed by atoms with Crippen LogP contribution in [0.4, 0.5) is 11.4 Å². The molecule has 2 aliphatic heterocycles. The maximum Gasteiger partial charge on any atom is 0.270 e. The Bertz CT molecular complexity index is 1960. The molecule has 0 spiro atoms. The Labute approximate surface area is 253 Å². The number of thiazole rings is 1. The number of amides is 2. The molecule has 2 aliphatic rings. The number of hydrazone groups is 1. The summed E-state index contributed by atoms with van der Waals surface area (Å²) in [6.07, 6.45) is 1.68. The van der Waals surface area contributed by atoms with Gasteiger partial charge in [0.15, 0.2) is 4.80 Å². The van der Waals surface area contributed by atoms with Crippen molar-refractivity contribution in [2.45, 2.75) is 39.7 Å². The Hall–Kier alpha value is -4.89.